The molecule has 1 aromatic carbocycles. The molecule has 5 nitrogen and oxygen atoms in total. The first-order valence-electron chi connectivity index (χ1n) is 8.67. The predicted molar refractivity (Wildman–Crippen MR) is 117 cm³/mol. The van der Waals surface area contributed by atoms with Crippen molar-refractivity contribution in [1.82, 2.24) is 19.6 Å². The van der Waals surface area contributed by atoms with Crippen LogP contribution < -0.4 is 0 Å². The molecule has 0 unspecified atom stereocenters. The summed E-state index contributed by atoms with van der Waals surface area (Å²) in [6.45, 7) is 3.94. The predicted octanol–water partition coefficient (Wildman–Crippen LogP) is 6.27. The van der Waals surface area contributed by atoms with Crippen molar-refractivity contribution < 1.29 is 4.42 Å². The van der Waals surface area contributed by atoms with Gasteiger partial charge in [0.05, 0.1) is 21.4 Å². The molecule has 140 valence electrons. The Bertz CT molecular complexity index is 1320. The molecular weight excluding hydrogens is 456 g/mol. The van der Waals surface area contributed by atoms with E-state index >= 15 is 0 Å². The van der Waals surface area contributed by atoms with Crippen LogP contribution >= 0.6 is 39.0 Å². The van der Waals surface area contributed by atoms with Gasteiger partial charge in [0.1, 0.15) is 16.6 Å². The van der Waals surface area contributed by atoms with Crippen molar-refractivity contribution in [3.63, 3.8) is 0 Å². The molecule has 0 saturated carbocycles. The summed E-state index contributed by atoms with van der Waals surface area (Å²) in [4.78, 5) is 4.71. The van der Waals surface area contributed by atoms with Crippen molar-refractivity contribution in [3.8, 4) is 11.5 Å². The molecule has 0 fully saturated rings. The molecule has 0 atom stereocenters. The fourth-order valence-electron chi connectivity index (χ4n) is 3.19. The molecule has 5 aromatic rings. The number of rotatable bonds is 4. The first-order chi connectivity index (χ1) is 13.6. The molecule has 0 amide bonds. The van der Waals surface area contributed by atoms with Crippen LogP contribution in [0.4, 0.5) is 0 Å². The molecule has 0 aliphatic rings. The smallest absolute Gasteiger partial charge is 0.226 e. The molecule has 0 aliphatic heterocycles. The lowest BCUT2D eigenvalue weighted by molar-refractivity contribution is 0.540. The summed E-state index contributed by atoms with van der Waals surface area (Å²) in [5.74, 6) is 3.03. The Balaban J connectivity index is 1.46. The Hall–Kier alpha value is -2.16. The maximum Gasteiger partial charge on any atom is 0.226 e. The van der Waals surface area contributed by atoms with Gasteiger partial charge >= 0.3 is 0 Å². The zero-order valence-electron chi connectivity index (χ0n) is 15.1. The Morgan fingerprint density at radius 2 is 2.04 bits per heavy atom. The summed E-state index contributed by atoms with van der Waals surface area (Å²) in [6, 6.07) is 12.3. The van der Waals surface area contributed by atoms with Gasteiger partial charge in [0.15, 0.2) is 0 Å². The Morgan fingerprint density at radius 3 is 2.89 bits per heavy atom. The molecule has 5 rings (SSSR count). The van der Waals surface area contributed by atoms with Crippen LogP contribution in [0.1, 0.15) is 17.3 Å². The van der Waals surface area contributed by atoms with E-state index in [0.29, 0.717) is 11.6 Å². The van der Waals surface area contributed by atoms with Crippen molar-refractivity contribution >= 4 is 54.8 Å². The van der Waals surface area contributed by atoms with Crippen molar-refractivity contribution in [2.45, 2.75) is 24.6 Å². The Kier molecular flexibility index (Phi) is 4.49. The van der Waals surface area contributed by atoms with E-state index in [9.17, 15) is 0 Å². The number of aromatic nitrogens is 4. The highest BCUT2D eigenvalue weighted by Crippen LogP contribution is 2.33. The van der Waals surface area contributed by atoms with E-state index in [4.69, 9.17) is 9.40 Å². The van der Waals surface area contributed by atoms with Gasteiger partial charge in [-0.25, -0.2) is 4.98 Å². The molecule has 28 heavy (non-hydrogen) atoms. The normalized spacial score (nSPS) is 11.7. The fourth-order valence-corrected chi connectivity index (χ4v) is 5.33. The number of hydrogen-bond donors (Lipinski definition) is 0. The van der Waals surface area contributed by atoms with Crippen molar-refractivity contribution in [2.24, 2.45) is 0 Å². The zero-order chi connectivity index (χ0) is 19.3. The van der Waals surface area contributed by atoms with Gasteiger partial charge in [0.2, 0.25) is 5.89 Å². The number of aryl methyl sites for hydroxylation is 2. The SMILES string of the molecule is Cc1oc(-c2cccc(Br)c2)nc1CSc1nnc(C)n2c1cc1sccc12. The van der Waals surface area contributed by atoms with Gasteiger partial charge in [-0.2, -0.15) is 0 Å². The summed E-state index contributed by atoms with van der Waals surface area (Å²) in [7, 11) is 0. The van der Waals surface area contributed by atoms with Crippen LogP contribution in [-0.2, 0) is 5.75 Å². The van der Waals surface area contributed by atoms with Crippen LogP contribution in [0.15, 0.2) is 55.7 Å². The number of halogens is 1. The van der Waals surface area contributed by atoms with E-state index in [2.05, 4.69) is 48.0 Å². The minimum atomic E-state index is 0.637. The lowest BCUT2D eigenvalue weighted by Crippen LogP contribution is -2.00. The third kappa shape index (κ3) is 3.05. The standard InChI is InChI=1S/C20H15BrN4OS2/c1-11-15(22-19(26-11)13-4-3-5-14(21)8-13)10-28-20-17-9-18-16(6-7-27-18)25(17)12(2)23-24-20/h3-9H,10H2,1-2H3. The molecular formula is C20H15BrN4OS2. The van der Waals surface area contributed by atoms with Gasteiger partial charge in [0, 0.05) is 15.8 Å². The summed E-state index contributed by atoms with van der Waals surface area (Å²) >= 11 is 6.86. The molecule has 0 bridgehead atoms. The molecule has 4 aromatic heterocycles. The van der Waals surface area contributed by atoms with Crippen LogP contribution in [0, 0.1) is 13.8 Å². The summed E-state index contributed by atoms with van der Waals surface area (Å²) in [5.41, 5.74) is 4.16. The van der Waals surface area contributed by atoms with Crippen LogP contribution in [0.2, 0.25) is 0 Å². The number of fused-ring (bicyclic) bond motifs is 3. The Morgan fingerprint density at radius 1 is 1.14 bits per heavy atom. The second-order valence-electron chi connectivity index (χ2n) is 6.41. The number of thiophene rings is 1. The van der Waals surface area contributed by atoms with Gasteiger partial charge in [-0.05, 0) is 49.6 Å². The number of thioether (sulfide) groups is 1. The minimum Gasteiger partial charge on any atom is -0.441 e. The molecule has 0 radical (unpaired) electrons. The average molecular weight is 471 g/mol. The van der Waals surface area contributed by atoms with Gasteiger partial charge in [-0.3, -0.25) is 4.40 Å². The van der Waals surface area contributed by atoms with Crippen molar-refractivity contribution in [3.05, 3.63) is 63.5 Å². The highest BCUT2D eigenvalue weighted by molar-refractivity contribution is 9.10. The minimum absolute atomic E-state index is 0.637. The third-order valence-electron chi connectivity index (χ3n) is 4.56. The largest absolute Gasteiger partial charge is 0.441 e. The number of benzene rings is 1. The molecule has 0 saturated heterocycles. The van der Waals surface area contributed by atoms with Crippen LogP contribution in [-0.4, -0.2) is 19.6 Å². The van der Waals surface area contributed by atoms with Crippen LogP contribution in [0.5, 0.6) is 0 Å². The Labute approximate surface area is 177 Å². The molecule has 0 N–H and O–H groups in total. The summed E-state index contributed by atoms with van der Waals surface area (Å²) < 4.78 is 10.3. The molecule has 0 aliphatic carbocycles. The number of oxazole rings is 1. The van der Waals surface area contributed by atoms with E-state index in [1.165, 1.54) is 10.2 Å². The van der Waals surface area contributed by atoms with Crippen molar-refractivity contribution in [2.75, 3.05) is 0 Å². The van der Waals surface area contributed by atoms with Gasteiger partial charge in [-0.15, -0.1) is 21.5 Å². The van der Waals surface area contributed by atoms with Gasteiger partial charge in [0.25, 0.3) is 0 Å². The second-order valence-corrected chi connectivity index (χ2v) is 9.24. The van der Waals surface area contributed by atoms with Gasteiger partial charge in [-0.1, -0.05) is 33.8 Å². The topological polar surface area (TPSA) is 56.2 Å². The number of hydrogen-bond acceptors (Lipinski definition) is 6. The number of nitrogens with zero attached hydrogens (tertiary/aromatic N) is 4. The quantitative estimate of drug-likeness (QED) is 0.289. The third-order valence-corrected chi connectivity index (χ3v) is 6.89. The lowest BCUT2D eigenvalue weighted by Gasteiger charge is -2.05. The molecule has 4 heterocycles. The van der Waals surface area contributed by atoms with Gasteiger partial charge < -0.3 is 4.42 Å². The van der Waals surface area contributed by atoms with Crippen molar-refractivity contribution in [1.29, 1.82) is 0 Å². The second kappa shape index (κ2) is 7.02. The molecule has 8 heteroatoms. The summed E-state index contributed by atoms with van der Waals surface area (Å²) in [5, 5.41) is 11.8. The highest BCUT2D eigenvalue weighted by Gasteiger charge is 2.16. The maximum atomic E-state index is 5.90. The zero-order valence-corrected chi connectivity index (χ0v) is 18.4. The first kappa shape index (κ1) is 17.9. The summed E-state index contributed by atoms with van der Waals surface area (Å²) in [6.07, 6.45) is 0. The molecule has 0 spiro atoms. The van der Waals surface area contributed by atoms with E-state index in [0.717, 1.165) is 37.9 Å². The lowest BCUT2D eigenvalue weighted by atomic mass is 10.2. The highest BCUT2D eigenvalue weighted by atomic mass is 79.9. The monoisotopic (exact) mass is 470 g/mol. The van der Waals surface area contributed by atoms with E-state index < -0.39 is 0 Å². The van der Waals surface area contributed by atoms with E-state index in [1.54, 1.807) is 23.1 Å². The fraction of sp³-hybridized carbons (Fsp3) is 0.150. The average Bonchev–Trinajstić information content (AvgIpc) is 3.36. The van der Waals surface area contributed by atoms with E-state index in [-0.39, 0.29) is 0 Å². The first-order valence-corrected chi connectivity index (χ1v) is 11.3. The van der Waals surface area contributed by atoms with Crippen LogP contribution in [0.25, 0.3) is 27.2 Å². The maximum absolute atomic E-state index is 5.90. The van der Waals surface area contributed by atoms with E-state index in [1.807, 2.05) is 38.1 Å². The van der Waals surface area contributed by atoms with Crippen LogP contribution in [0.3, 0.4) is 0 Å².